The maximum atomic E-state index is 12.2. The van der Waals surface area contributed by atoms with E-state index in [4.69, 9.17) is 16.3 Å². The lowest BCUT2D eigenvalue weighted by Crippen LogP contribution is -2.23. The molecule has 2 amide bonds. The molecule has 0 radical (unpaired) electrons. The first kappa shape index (κ1) is 19.6. The van der Waals surface area contributed by atoms with Crippen LogP contribution in [0.4, 0.5) is 14.6 Å². The van der Waals surface area contributed by atoms with Crippen molar-refractivity contribution in [1.82, 2.24) is 10.3 Å². The largest absolute Gasteiger partial charge is 0.486 e. The first-order chi connectivity index (χ1) is 12.3. The number of amides is 2. The van der Waals surface area contributed by atoms with Gasteiger partial charge in [-0.25, -0.2) is 13.8 Å². The molecule has 0 spiro atoms. The molecule has 0 aliphatic carbocycles. The van der Waals surface area contributed by atoms with Gasteiger partial charge in [-0.1, -0.05) is 17.7 Å². The highest BCUT2D eigenvalue weighted by molar-refractivity contribution is 6.32. The van der Waals surface area contributed by atoms with Crippen LogP contribution in [0.2, 0.25) is 5.02 Å². The van der Waals surface area contributed by atoms with E-state index in [1.165, 1.54) is 37.4 Å². The molecule has 2 N–H and O–H groups in total. The zero-order valence-corrected chi connectivity index (χ0v) is 14.5. The monoisotopic (exact) mass is 383 g/mol. The highest BCUT2D eigenvalue weighted by atomic mass is 35.5. The number of carbonyl (C=O) groups excluding carboxylic acids is 2. The number of pyridine rings is 1. The van der Waals surface area contributed by atoms with E-state index in [9.17, 15) is 18.4 Å². The van der Waals surface area contributed by atoms with Crippen LogP contribution in [0.5, 0.6) is 5.75 Å². The van der Waals surface area contributed by atoms with Gasteiger partial charge in [0, 0.05) is 25.2 Å². The molecule has 26 heavy (non-hydrogen) atoms. The fraction of sp³-hybridized carbons (Fsp3) is 0.235. The number of hydrogen-bond donors (Lipinski definition) is 2. The van der Waals surface area contributed by atoms with Crippen LogP contribution < -0.4 is 15.4 Å². The Balaban J connectivity index is 1.97. The average Bonchev–Trinajstić information content (AvgIpc) is 2.58. The molecular weight excluding hydrogens is 368 g/mol. The Morgan fingerprint density at radius 3 is 2.69 bits per heavy atom. The van der Waals surface area contributed by atoms with E-state index in [0.717, 1.165) is 0 Å². The van der Waals surface area contributed by atoms with Gasteiger partial charge in [-0.3, -0.25) is 9.59 Å². The number of benzene rings is 1. The topological polar surface area (TPSA) is 80.3 Å². The highest BCUT2D eigenvalue weighted by Crippen LogP contribution is 2.25. The molecule has 0 fully saturated rings. The maximum Gasteiger partial charge on any atom is 0.272 e. The van der Waals surface area contributed by atoms with Crippen molar-refractivity contribution in [2.45, 2.75) is 19.9 Å². The number of nitrogens with zero attached hydrogens (tertiary/aromatic N) is 1. The minimum Gasteiger partial charge on any atom is -0.486 e. The van der Waals surface area contributed by atoms with Gasteiger partial charge in [0.25, 0.3) is 12.3 Å². The van der Waals surface area contributed by atoms with E-state index in [0.29, 0.717) is 11.1 Å². The van der Waals surface area contributed by atoms with Gasteiger partial charge in [0.15, 0.2) is 0 Å². The van der Waals surface area contributed by atoms with Gasteiger partial charge < -0.3 is 15.4 Å². The van der Waals surface area contributed by atoms with Crippen LogP contribution in [0.3, 0.4) is 0 Å². The Hall–Kier alpha value is -2.74. The molecule has 6 nitrogen and oxygen atoms in total. The number of anilines is 1. The zero-order valence-electron chi connectivity index (χ0n) is 13.8. The first-order valence-corrected chi connectivity index (χ1v) is 7.94. The van der Waals surface area contributed by atoms with Crippen molar-refractivity contribution in [2.75, 3.05) is 11.9 Å². The van der Waals surface area contributed by atoms with Crippen molar-refractivity contribution >= 4 is 29.2 Å². The van der Waals surface area contributed by atoms with Crippen LogP contribution in [-0.4, -0.2) is 29.8 Å². The van der Waals surface area contributed by atoms with Gasteiger partial charge in [0.2, 0.25) is 5.91 Å². The van der Waals surface area contributed by atoms with Crippen molar-refractivity contribution in [3.05, 3.63) is 52.7 Å². The third-order valence-corrected chi connectivity index (χ3v) is 3.44. The molecule has 1 heterocycles. The molecule has 1 aromatic heterocycles. The van der Waals surface area contributed by atoms with Gasteiger partial charge in [-0.15, -0.1) is 0 Å². The summed E-state index contributed by atoms with van der Waals surface area (Å²) in [5.41, 5.74) is 0.996. The number of aromatic nitrogens is 1. The van der Waals surface area contributed by atoms with Gasteiger partial charge in [0.05, 0.1) is 5.02 Å². The van der Waals surface area contributed by atoms with E-state index in [1.807, 2.05) is 0 Å². The number of hydrogen-bond acceptors (Lipinski definition) is 4. The van der Waals surface area contributed by atoms with Crippen molar-refractivity contribution in [1.29, 1.82) is 0 Å². The van der Waals surface area contributed by atoms with Gasteiger partial charge in [-0.05, 0) is 29.8 Å². The molecule has 0 saturated heterocycles. The average molecular weight is 384 g/mol. The van der Waals surface area contributed by atoms with Gasteiger partial charge in [0.1, 0.15) is 18.2 Å². The molecule has 138 valence electrons. The fourth-order valence-electron chi connectivity index (χ4n) is 2.03. The van der Waals surface area contributed by atoms with Crippen molar-refractivity contribution < 1.29 is 23.1 Å². The summed E-state index contributed by atoms with van der Waals surface area (Å²) in [5, 5.41) is 5.36. The smallest absolute Gasteiger partial charge is 0.272 e. The van der Waals surface area contributed by atoms with Crippen molar-refractivity contribution in [3.63, 3.8) is 0 Å². The van der Waals surface area contributed by atoms with Crippen LogP contribution in [0.25, 0.3) is 0 Å². The lowest BCUT2D eigenvalue weighted by Gasteiger charge is -2.10. The van der Waals surface area contributed by atoms with Crippen molar-refractivity contribution in [2.24, 2.45) is 0 Å². The molecule has 2 rings (SSSR count). The summed E-state index contributed by atoms with van der Waals surface area (Å²) in [6.07, 6.45) is -1.18. The molecule has 0 aliphatic heterocycles. The lowest BCUT2D eigenvalue weighted by atomic mass is 10.2. The number of rotatable bonds is 7. The molecule has 0 unspecified atom stereocenters. The Labute approximate surface area is 153 Å². The second-order valence-electron chi connectivity index (χ2n) is 5.26. The van der Waals surface area contributed by atoms with E-state index < -0.39 is 13.0 Å². The summed E-state index contributed by atoms with van der Waals surface area (Å²) in [6, 6.07) is 7.56. The molecule has 1 aromatic carbocycles. The molecule has 0 atom stereocenters. The predicted molar refractivity (Wildman–Crippen MR) is 92.7 cm³/mol. The summed E-state index contributed by atoms with van der Waals surface area (Å²) in [7, 11) is 0. The first-order valence-electron chi connectivity index (χ1n) is 7.56. The van der Waals surface area contributed by atoms with E-state index in [1.54, 1.807) is 6.07 Å². The normalized spacial score (nSPS) is 10.5. The molecule has 0 saturated carbocycles. The number of nitrogens with one attached hydrogen (secondary N) is 2. The van der Waals surface area contributed by atoms with Crippen LogP contribution in [0.1, 0.15) is 22.8 Å². The summed E-state index contributed by atoms with van der Waals surface area (Å²) >= 11 is 5.98. The number of alkyl halides is 2. The maximum absolute atomic E-state index is 12.2. The standard InChI is InChI=1S/C17H16ClF2N3O3/c1-10(24)23-16-7-12(4-5-21-16)17(25)22-8-11-2-3-14(13(18)6-11)26-9-15(19)20/h2-7,15H,8-9H2,1H3,(H,22,25)(H,21,23,24). The number of carbonyl (C=O) groups is 2. The quantitative estimate of drug-likeness (QED) is 0.769. The van der Waals surface area contributed by atoms with E-state index in [2.05, 4.69) is 15.6 Å². The van der Waals surface area contributed by atoms with Gasteiger partial charge in [-0.2, -0.15) is 0 Å². The van der Waals surface area contributed by atoms with Crippen molar-refractivity contribution in [3.8, 4) is 5.75 Å². The van der Waals surface area contributed by atoms with E-state index >= 15 is 0 Å². The SMILES string of the molecule is CC(=O)Nc1cc(C(=O)NCc2ccc(OCC(F)F)c(Cl)c2)ccn1. The number of ether oxygens (including phenoxy) is 1. The molecular formula is C17H16ClF2N3O3. The van der Waals surface area contributed by atoms with Crippen LogP contribution >= 0.6 is 11.6 Å². The summed E-state index contributed by atoms with van der Waals surface area (Å²) in [4.78, 5) is 27.2. The summed E-state index contributed by atoms with van der Waals surface area (Å²) < 4.78 is 29.2. The summed E-state index contributed by atoms with van der Waals surface area (Å²) in [6.45, 7) is 0.771. The summed E-state index contributed by atoms with van der Waals surface area (Å²) in [5.74, 6) is -0.239. The second-order valence-corrected chi connectivity index (χ2v) is 5.67. The molecule has 9 heteroatoms. The minimum absolute atomic E-state index is 0.149. The van der Waals surface area contributed by atoms with Crippen LogP contribution in [-0.2, 0) is 11.3 Å². The second kappa shape index (κ2) is 9.10. The molecule has 0 aliphatic rings. The predicted octanol–water partition coefficient (Wildman–Crippen LogP) is 3.27. The lowest BCUT2D eigenvalue weighted by molar-refractivity contribution is -0.114. The van der Waals surface area contributed by atoms with E-state index in [-0.39, 0.29) is 34.9 Å². The molecule has 2 aromatic rings. The van der Waals surface area contributed by atoms with Gasteiger partial charge >= 0.3 is 0 Å². The zero-order chi connectivity index (χ0) is 19.1. The fourth-order valence-corrected chi connectivity index (χ4v) is 2.29. The minimum atomic E-state index is -2.59. The Bertz CT molecular complexity index is 803. The Kier molecular flexibility index (Phi) is 6.85. The number of halogens is 3. The third-order valence-electron chi connectivity index (χ3n) is 3.14. The van der Waals surface area contributed by atoms with Crippen LogP contribution in [0.15, 0.2) is 36.5 Å². The Morgan fingerprint density at radius 2 is 2.04 bits per heavy atom. The third kappa shape index (κ3) is 5.96. The van der Waals surface area contributed by atoms with Crippen LogP contribution in [0, 0.1) is 0 Å². The Morgan fingerprint density at radius 1 is 1.27 bits per heavy atom. The molecule has 0 bridgehead atoms. The highest BCUT2D eigenvalue weighted by Gasteiger charge is 2.10.